The van der Waals surface area contributed by atoms with Gasteiger partial charge in [-0.1, -0.05) is 39.3 Å². The highest BCUT2D eigenvalue weighted by Gasteiger charge is 2.68. The summed E-state index contributed by atoms with van der Waals surface area (Å²) in [7, 11) is 0. The standard InChI is InChI=1S/C44H72O18/c1-18(16-45)8-13-44(55)19(2)28-26(62-44)15-25-23-7-6-21-14-22(9-11-42(21,4)24(23)10-12-43(25,28)5)57-41-37(60-40-34(52)31(49)32(50)38(54)61-40)35(53)36(27(17-46)58-41)59-39-33(51)30(48)29(47)20(3)56-39/h6,18-20,22-41,45-55H,7-17H2,1-5H3/t18-,19+,20?,22?,23-,24+,25+,26?,27?,28+,29+,30?,31?,32-,33+,34+,35?,36-,37+,38?,39+,40-,41-,42+,43+,44?/m1/s1. The zero-order valence-corrected chi connectivity index (χ0v) is 36.4. The summed E-state index contributed by atoms with van der Waals surface area (Å²) in [4.78, 5) is 0. The van der Waals surface area contributed by atoms with Crippen LogP contribution in [0.2, 0.25) is 0 Å². The molecule has 0 aromatic heterocycles. The summed E-state index contributed by atoms with van der Waals surface area (Å²) in [6.07, 6.45) is -15.3. The average molecular weight is 889 g/mol. The van der Waals surface area contributed by atoms with Gasteiger partial charge in [-0.2, -0.15) is 0 Å². The van der Waals surface area contributed by atoms with Crippen molar-refractivity contribution in [1.82, 2.24) is 0 Å². The molecule has 26 atom stereocenters. The van der Waals surface area contributed by atoms with Crippen LogP contribution in [0.15, 0.2) is 11.6 Å². The van der Waals surface area contributed by atoms with Crippen molar-refractivity contribution < 1.29 is 89.3 Å². The van der Waals surface area contributed by atoms with Crippen LogP contribution in [0.25, 0.3) is 0 Å². The minimum Gasteiger partial charge on any atom is -0.396 e. The minimum atomic E-state index is -1.96. The summed E-state index contributed by atoms with van der Waals surface area (Å²) in [5, 5.41) is 117. The molecule has 8 rings (SSSR count). The first kappa shape index (κ1) is 47.5. The minimum absolute atomic E-state index is 0.00992. The van der Waals surface area contributed by atoms with E-state index in [-0.39, 0.29) is 41.3 Å². The Hall–Kier alpha value is -0.980. The second kappa shape index (κ2) is 17.9. The van der Waals surface area contributed by atoms with Crippen molar-refractivity contribution in [2.75, 3.05) is 13.2 Å². The van der Waals surface area contributed by atoms with E-state index in [1.54, 1.807) is 0 Å². The summed E-state index contributed by atoms with van der Waals surface area (Å²) in [5.74, 6) is 0.463. The zero-order chi connectivity index (χ0) is 44.8. The van der Waals surface area contributed by atoms with E-state index in [4.69, 9.17) is 33.2 Å². The van der Waals surface area contributed by atoms with Crippen molar-refractivity contribution in [3.05, 3.63) is 11.6 Å². The van der Waals surface area contributed by atoms with Gasteiger partial charge in [0.2, 0.25) is 0 Å². The van der Waals surface area contributed by atoms with Crippen LogP contribution in [0.3, 0.4) is 0 Å². The molecule has 18 nitrogen and oxygen atoms in total. The summed E-state index contributed by atoms with van der Waals surface area (Å²) >= 11 is 0. The molecule has 0 amide bonds. The monoisotopic (exact) mass is 888 g/mol. The lowest BCUT2D eigenvalue weighted by Gasteiger charge is -2.58. The summed E-state index contributed by atoms with van der Waals surface area (Å²) in [6.45, 7) is 9.74. The molecule has 62 heavy (non-hydrogen) atoms. The second-order valence-electron chi connectivity index (χ2n) is 20.6. The molecular formula is C44H72O18. The van der Waals surface area contributed by atoms with Crippen LogP contribution >= 0.6 is 0 Å². The second-order valence-corrected chi connectivity index (χ2v) is 20.6. The molecule has 0 aromatic carbocycles. The molecule has 4 aliphatic heterocycles. The van der Waals surface area contributed by atoms with Crippen molar-refractivity contribution in [1.29, 1.82) is 0 Å². The molecule has 356 valence electrons. The SMILES string of the molecule is CC1O[C@@H](O[C@@H]2C(CO)O[C@@H](OC3CC[C@@]4(C)C(=CC[C@H]5[C@@H]6CC7OC(O)(CC[C@@H](C)CO)[C@@H](C)[C@@H]7[C@@]6(C)CC[C@@H]54)C3)[C@@H](O[C@@H]3OC(O)[C@H](O)C(O)[C@@H]3O)C2O)[C@@H](O)C(O)[C@H]1O. The fraction of sp³-hybridized carbons (Fsp3) is 0.955. The van der Waals surface area contributed by atoms with Crippen LogP contribution < -0.4 is 0 Å². The summed E-state index contributed by atoms with van der Waals surface area (Å²) in [5.41, 5.74) is 1.19. The largest absolute Gasteiger partial charge is 0.396 e. The summed E-state index contributed by atoms with van der Waals surface area (Å²) < 4.78 is 42.3. The number of aliphatic hydroxyl groups is 11. The number of hydrogen-bond acceptors (Lipinski definition) is 18. The number of ether oxygens (including phenoxy) is 7. The third kappa shape index (κ3) is 8.06. The van der Waals surface area contributed by atoms with Gasteiger partial charge < -0.3 is 89.3 Å². The Morgan fingerprint density at radius 1 is 0.758 bits per heavy atom. The first-order valence-electron chi connectivity index (χ1n) is 22.9. The lowest BCUT2D eigenvalue weighted by Crippen LogP contribution is -2.66. The van der Waals surface area contributed by atoms with E-state index in [9.17, 15) is 56.2 Å². The molecule has 11 N–H and O–H groups in total. The molecule has 0 aromatic rings. The Labute approximate surface area is 362 Å². The third-order valence-electron chi connectivity index (χ3n) is 17.1. The molecule has 3 saturated carbocycles. The van der Waals surface area contributed by atoms with Crippen molar-refractivity contribution in [3.8, 4) is 0 Å². The molecule has 0 radical (unpaired) electrons. The molecule has 4 saturated heterocycles. The van der Waals surface area contributed by atoms with Crippen LogP contribution in [-0.4, -0.2) is 180 Å². The fourth-order valence-corrected chi connectivity index (χ4v) is 13.3. The maximum atomic E-state index is 11.9. The van der Waals surface area contributed by atoms with E-state index in [1.807, 2.05) is 6.92 Å². The van der Waals surface area contributed by atoms with Gasteiger partial charge in [0.1, 0.15) is 61.0 Å². The number of allylic oxidation sites excluding steroid dienone is 1. The van der Waals surface area contributed by atoms with Gasteiger partial charge in [0, 0.05) is 18.9 Å². The quantitative estimate of drug-likeness (QED) is 0.112. The van der Waals surface area contributed by atoms with E-state index in [0.717, 1.165) is 32.1 Å². The Kier molecular flexibility index (Phi) is 13.7. The maximum Gasteiger partial charge on any atom is 0.189 e. The van der Waals surface area contributed by atoms with Crippen LogP contribution in [0, 0.1) is 46.3 Å². The van der Waals surface area contributed by atoms with E-state index >= 15 is 0 Å². The third-order valence-corrected chi connectivity index (χ3v) is 17.1. The van der Waals surface area contributed by atoms with E-state index in [0.29, 0.717) is 43.4 Å². The fourth-order valence-electron chi connectivity index (χ4n) is 13.3. The normalized spacial score (nSPS) is 55.7. The Morgan fingerprint density at radius 2 is 1.44 bits per heavy atom. The first-order valence-corrected chi connectivity index (χ1v) is 22.9. The van der Waals surface area contributed by atoms with Gasteiger partial charge in [-0.15, -0.1) is 0 Å². The van der Waals surface area contributed by atoms with Gasteiger partial charge in [0.25, 0.3) is 0 Å². The van der Waals surface area contributed by atoms with Gasteiger partial charge in [0.05, 0.1) is 24.9 Å². The highest BCUT2D eigenvalue weighted by Crippen LogP contribution is 2.70. The number of aliphatic hydroxyl groups excluding tert-OH is 10. The molecule has 0 spiro atoms. The highest BCUT2D eigenvalue weighted by atomic mass is 16.8. The van der Waals surface area contributed by atoms with Crippen LogP contribution in [-0.2, 0) is 33.2 Å². The number of fused-ring (bicyclic) bond motifs is 7. The van der Waals surface area contributed by atoms with E-state index in [1.165, 1.54) is 12.5 Å². The van der Waals surface area contributed by atoms with Crippen molar-refractivity contribution in [2.24, 2.45) is 46.3 Å². The Balaban J connectivity index is 0.982. The van der Waals surface area contributed by atoms with E-state index in [2.05, 4.69) is 26.8 Å². The molecule has 4 heterocycles. The van der Waals surface area contributed by atoms with E-state index < -0.39 is 111 Å². The zero-order valence-electron chi connectivity index (χ0n) is 36.4. The number of rotatable bonds is 11. The van der Waals surface area contributed by atoms with Crippen LogP contribution in [0.1, 0.15) is 92.4 Å². The van der Waals surface area contributed by atoms with Crippen molar-refractivity contribution >= 4 is 0 Å². The van der Waals surface area contributed by atoms with Crippen molar-refractivity contribution in [2.45, 2.75) is 203 Å². The van der Waals surface area contributed by atoms with Gasteiger partial charge in [0.15, 0.2) is 30.9 Å². The smallest absolute Gasteiger partial charge is 0.189 e. The molecule has 4 aliphatic carbocycles. The lowest BCUT2D eigenvalue weighted by atomic mass is 9.47. The molecular weight excluding hydrogens is 816 g/mol. The van der Waals surface area contributed by atoms with Gasteiger partial charge >= 0.3 is 0 Å². The Morgan fingerprint density at radius 3 is 2.13 bits per heavy atom. The van der Waals surface area contributed by atoms with Gasteiger partial charge in [-0.25, -0.2) is 0 Å². The maximum absolute atomic E-state index is 11.9. The molecule has 18 heteroatoms. The van der Waals surface area contributed by atoms with Crippen molar-refractivity contribution in [3.63, 3.8) is 0 Å². The molecule has 7 fully saturated rings. The molecule has 9 unspecified atom stereocenters. The van der Waals surface area contributed by atoms with Gasteiger partial charge in [-0.05, 0) is 98.7 Å². The topological polar surface area (TPSA) is 287 Å². The van der Waals surface area contributed by atoms with Crippen LogP contribution in [0.5, 0.6) is 0 Å². The molecule has 8 aliphatic rings. The predicted molar refractivity (Wildman–Crippen MR) is 213 cm³/mol. The molecule has 0 bridgehead atoms. The summed E-state index contributed by atoms with van der Waals surface area (Å²) in [6, 6.07) is 0. The number of hydrogen-bond donors (Lipinski definition) is 11. The highest BCUT2D eigenvalue weighted by molar-refractivity contribution is 5.26. The Bertz CT molecular complexity index is 1590. The first-order chi connectivity index (χ1) is 29.3. The predicted octanol–water partition coefficient (Wildman–Crippen LogP) is -0.874. The van der Waals surface area contributed by atoms with Gasteiger partial charge in [-0.3, -0.25) is 0 Å². The van der Waals surface area contributed by atoms with Crippen LogP contribution in [0.4, 0.5) is 0 Å². The lowest BCUT2D eigenvalue weighted by molar-refractivity contribution is -0.400. The average Bonchev–Trinajstić information content (AvgIpc) is 3.68.